The molecular formula is C16H26N2O. The van der Waals surface area contributed by atoms with Crippen LogP contribution in [0.4, 0.5) is 0 Å². The van der Waals surface area contributed by atoms with Gasteiger partial charge in [0.1, 0.15) is 0 Å². The van der Waals surface area contributed by atoms with Crippen LogP contribution in [-0.4, -0.2) is 53.7 Å². The minimum absolute atomic E-state index is 0.374. The number of benzene rings is 1. The lowest BCUT2D eigenvalue weighted by atomic mass is 10.0. The number of hydrogen-bond donors (Lipinski definition) is 1. The Kier molecular flexibility index (Phi) is 4.97. The van der Waals surface area contributed by atoms with E-state index in [1.165, 1.54) is 5.56 Å². The highest BCUT2D eigenvalue weighted by Gasteiger charge is 2.24. The zero-order valence-corrected chi connectivity index (χ0v) is 12.3. The predicted molar refractivity (Wildman–Crippen MR) is 79.3 cm³/mol. The van der Waals surface area contributed by atoms with Crippen molar-refractivity contribution < 1.29 is 5.11 Å². The van der Waals surface area contributed by atoms with Crippen LogP contribution in [0.2, 0.25) is 0 Å². The van der Waals surface area contributed by atoms with Gasteiger partial charge >= 0.3 is 0 Å². The Hall–Kier alpha value is -0.900. The van der Waals surface area contributed by atoms with Crippen LogP contribution in [0.1, 0.15) is 31.1 Å². The van der Waals surface area contributed by atoms with Gasteiger partial charge in [0.15, 0.2) is 0 Å². The van der Waals surface area contributed by atoms with Gasteiger partial charge in [-0.15, -0.1) is 0 Å². The standard InChI is InChI=1S/C16H26N2O/c1-4-18-10-9-17(11-14(18)3)12-16(19)15-8-6-5-7-13(15)2/h5-8,14,16,19H,4,9-12H2,1-3H3. The van der Waals surface area contributed by atoms with Crippen molar-refractivity contribution in [2.24, 2.45) is 0 Å². The van der Waals surface area contributed by atoms with Crippen molar-refractivity contribution in [3.05, 3.63) is 35.4 Å². The van der Waals surface area contributed by atoms with Crippen LogP contribution in [0.15, 0.2) is 24.3 Å². The van der Waals surface area contributed by atoms with E-state index in [0.717, 1.165) is 38.3 Å². The first-order chi connectivity index (χ1) is 9.11. The summed E-state index contributed by atoms with van der Waals surface area (Å²) in [6, 6.07) is 8.71. The highest BCUT2D eigenvalue weighted by Crippen LogP contribution is 2.19. The molecule has 0 saturated carbocycles. The van der Waals surface area contributed by atoms with Gasteiger partial charge in [0.25, 0.3) is 0 Å². The lowest BCUT2D eigenvalue weighted by molar-refractivity contribution is 0.0476. The maximum absolute atomic E-state index is 10.4. The predicted octanol–water partition coefficient (Wildman–Crippen LogP) is 2.05. The molecule has 106 valence electrons. The second kappa shape index (κ2) is 6.51. The van der Waals surface area contributed by atoms with Crippen LogP contribution < -0.4 is 0 Å². The summed E-state index contributed by atoms with van der Waals surface area (Å²) in [6.07, 6.45) is -0.374. The summed E-state index contributed by atoms with van der Waals surface area (Å²) < 4.78 is 0. The van der Waals surface area contributed by atoms with E-state index in [9.17, 15) is 5.11 Å². The Morgan fingerprint density at radius 2 is 2.05 bits per heavy atom. The summed E-state index contributed by atoms with van der Waals surface area (Å²) in [7, 11) is 0. The monoisotopic (exact) mass is 262 g/mol. The molecule has 3 nitrogen and oxygen atoms in total. The molecule has 1 aliphatic rings. The molecule has 3 heteroatoms. The van der Waals surface area contributed by atoms with Crippen molar-refractivity contribution >= 4 is 0 Å². The molecule has 1 N–H and O–H groups in total. The lowest BCUT2D eigenvalue weighted by Gasteiger charge is -2.40. The second-order valence-corrected chi connectivity index (χ2v) is 5.61. The Morgan fingerprint density at radius 3 is 2.68 bits per heavy atom. The Bertz CT molecular complexity index is 407. The molecule has 0 spiro atoms. The number of β-amino-alcohol motifs (C(OH)–C–C–N with tert-alkyl or cyclic N) is 1. The van der Waals surface area contributed by atoms with Gasteiger partial charge in [-0.25, -0.2) is 0 Å². The minimum atomic E-state index is -0.374. The van der Waals surface area contributed by atoms with Crippen molar-refractivity contribution in [3.8, 4) is 0 Å². The normalized spacial score (nSPS) is 23.5. The van der Waals surface area contributed by atoms with Gasteiger partial charge in [-0.3, -0.25) is 9.80 Å². The number of nitrogens with zero attached hydrogens (tertiary/aromatic N) is 2. The van der Waals surface area contributed by atoms with Gasteiger partial charge in [0.2, 0.25) is 0 Å². The molecule has 0 bridgehead atoms. The fraction of sp³-hybridized carbons (Fsp3) is 0.625. The molecule has 0 radical (unpaired) electrons. The first-order valence-corrected chi connectivity index (χ1v) is 7.31. The highest BCUT2D eigenvalue weighted by molar-refractivity contribution is 5.27. The SMILES string of the molecule is CCN1CCN(CC(O)c2ccccc2C)CC1C. The van der Waals surface area contributed by atoms with Gasteiger partial charge in [-0.2, -0.15) is 0 Å². The quantitative estimate of drug-likeness (QED) is 0.899. The average Bonchev–Trinajstić information content (AvgIpc) is 2.39. The molecule has 1 aromatic carbocycles. The lowest BCUT2D eigenvalue weighted by Crippen LogP contribution is -2.52. The third-order valence-corrected chi connectivity index (χ3v) is 4.23. The number of rotatable bonds is 4. The molecule has 1 fully saturated rings. The third kappa shape index (κ3) is 3.56. The summed E-state index contributed by atoms with van der Waals surface area (Å²) in [4.78, 5) is 4.88. The summed E-state index contributed by atoms with van der Waals surface area (Å²) in [5.41, 5.74) is 2.24. The van der Waals surface area contributed by atoms with Crippen molar-refractivity contribution in [2.75, 3.05) is 32.7 Å². The third-order valence-electron chi connectivity index (χ3n) is 4.23. The number of hydrogen-bond acceptors (Lipinski definition) is 3. The zero-order valence-electron chi connectivity index (χ0n) is 12.3. The van der Waals surface area contributed by atoms with Crippen LogP contribution >= 0.6 is 0 Å². The zero-order chi connectivity index (χ0) is 13.8. The van der Waals surface area contributed by atoms with Gasteiger partial charge in [-0.1, -0.05) is 31.2 Å². The molecule has 0 aromatic heterocycles. The second-order valence-electron chi connectivity index (χ2n) is 5.61. The molecule has 0 amide bonds. The Balaban J connectivity index is 1.93. The topological polar surface area (TPSA) is 26.7 Å². The van der Waals surface area contributed by atoms with E-state index in [4.69, 9.17) is 0 Å². The Labute approximate surface area is 116 Å². The van der Waals surface area contributed by atoms with E-state index in [0.29, 0.717) is 6.04 Å². The van der Waals surface area contributed by atoms with E-state index in [1.807, 2.05) is 18.2 Å². The van der Waals surface area contributed by atoms with Gasteiger partial charge in [0.05, 0.1) is 6.10 Å². The van der Waals surface area contributed by atoms with Gasteiger partial charge in [0, 0.05) is 32.2 Å². The average molecular weight is 262 g/mol. The van der Waals surface area contributed by atoms with E-state index in [-0.39, 0.29) is 6.10 Å². The molecule has 1 heterocycles. The summed E-state index contributed by atoms with van der Waals surface area (Å²) >= 11 is 0. The van der Waals surface area contributed by atoms with Crippen LogP contribution in [0.25, 0.3) is 0 Å². The fourth-order valence-electron chi connectivity index (χ4n) is 3.01. The number of aryl methyl sites for hydroxylation is 1. The largest absolute Gasteiger partial charge is 0.387 e. The molecule has 2 atom stereocenters. The molecule has 19 heavy (non-hydrogen) atoms. The molecule has 1 aliphatic heterocycles. The number of aliphatic hydroxyl groups is 1. The molecule has 2 unspecified atom stereocenters. The van der Waals surface area contributed by atoms with E-state index >= 15 is 0 Å². The van der Waals surface area contributed by atoms with E-state index < -0.39 is 0 Å². The minimum Gasteiger partial charge on any atom is -0.387 e. The Morgan fingerprint density at radius 1 is 1.32 bits per heavy atom. The summed E-state index contributed by atoms with van der Waals surface area (Å²) in [5, 5.41) is 10.4. The van der Waals surface area contributed by atoms with Crippen molar-refractivity contribution in [1.82, 2.24) is 9.80 Å². The van der Waals surface area contributed by atoms with Crippen molar-refractivity contribution in [2.45, 2.75) is 32.9 Å². The van der Waals surface area contributed by atoms with Crippen LogP contribution in [-0.2, 0) is 0 Å². The molecule has 1 saturated heterocycles. The van der Waals surface area contributed by atoms with E-state index in [1.54, 1.807) is 0 Å². The first kappa shape index (κ1) is 14.5. The van der Waals surface area contributed by atoms with E-state index in [2.05, 4.69) is 36.6 Å². The molecular weight excluding hydrogens is 236 g/mol. The molecule has 0 aliphatic carbocycles. The van der Waals surface area contributed by atoms with Crippen molar-refractivity contribution in [3.63, 3.8) is 0 Å². The highest BCUT2D eigenvalue weighted by atomic mass is 16.3. The van der Waals surface area contributed by atoms with Crippen LogP contribution in [0.3, 0.4) is 0 Å². The fourth-order valence-corrected chi connectivity index (χ4v) is 3.01. The van der Waals surface area contributed by atoms with Crippen molar-refractivity contribution in [1.29, 1.82) is 0 Å². The molecule has 2 rings (SSSR count). The maximum Gasteiger partial charge on any atom is 0.0919 e. The summed E-state index contributed by atoms with van der Waals surface area (Å²) in [5.74, 6) is 0. The van der Waals surface area contributed by atoms with Crippen LogP contribution in [0, 0.1) is 6.92 Å². The van der Waals surface area contributed by atoms with Crippen LogP contribution in [0.5, 0.6) is 0 Å². The number of aliphatic hydroxyl groups excluding tert-OH is 1. The molecule has 1 aromatic rings. The first-order valence-electron chi connectivity index (χ1n) is 7.31. The maximum atomic E-state index is 10.4. The number of piperazine rings is 1. The smallest absolute Gasteiger partial charge is 0.0919 e. The van der Waals surface area contributed by atoms with Gasteiger partial charge < -0.3 is 5.11 Å². The summed E-state index contributed by atoms with van der Waals surface area (Å²) in [6.45, 7) is 11.6. The number of likely N-dealkylation sites (N-methyl/N-ethyl adjacent to an activating group) is 1. The van der Waals surface area contributed by atoms with Gasteiger partial charge in [-0.05, 0) is 31.5 Å².